The molecule has 0 aliphatic rings. The fourth-order valence-electron chi connectivity index (χ4n) is 1.38. The summed E-state index contributed by atoms with van der Waals surface area (Å²) in [4.78, 5) is 6.46. The SMILES string of the molecule is C#CCN(C)c1ccc(CNC)c(C)n1. The molecule has 0 saturated heterocycles. The minimum absolute atomic E-state index is 0.581. The van der Waals surface area contributed by atoms with E-state index in [1.165, 1.54) is 5.56 Å². The highest BCUT2D eigenvalue weighted by Crippen LogP contribution is 2.13. The third-order valence-corrected chi connectivity index (χ3v) is 2.27. The molecule has 1 N–H and O–H groups in total. The van der Waals surface area contributed by atoms with Gasteiger partial charge in [-0.1, -0.05) is 12.0 Å². The molecule has 0 amide bonds. The van der Waals surface area contributed by atoms with Crippen molar-refractivity contribution >= 4 is 5.82 Å². The summed E-state index contributed by atoms with van der Waals surface area (Å²) in [7, 11) is 3.87. The van der Waals surface area contributed by atoms with Gasteiger partial charge in [0.25, 0.3) is 0 Å². The van der Waals surface area contributed by atoms with Crippen LogP contribution in [-0.2, 0) is 6.54 Å². The lowest BCUT2D eigenvalue weighted by Gasteiger charge is -2.16. The number of hydrogen-bond acceptors (Lipinski definition) is 3. The first-order valence-corrected chi connectivity index (χ1v) is 4.94. The number of aryl methyl sites for hydroxylation is 1. The van der Waals surface area contributed by atoms with Crippen molar-refractivity contribution < 1.29 is 0 Å². The van der Waals surface area contributed by atoms with Gasteiger partial charge in [-0.2, -0.15) is 0 Å². The number of aromatic nitrogens is 1. The maximum absolute atomic E-state index is 5.25. The molecule has 1 aromatic heterocycles. The molecule has 3 nitrogen and oxygen atoms in total. The molecule has 0 spiro atoms. The van der Waals surface area contributed by atoms with Crippen LogP contribution in [0.2, 0.25) is 0 Å². The van der Waals surface area contributed by atoms with Crippen LogP contribution in [0.1, 0.15) is 11.3 Å². The maximum Gasteiger partial charge on any atom is 0.129 e. The van der Waals surface area contributed by atoms with E-state index in [0.29, 0.717) is 6.54 Å². The zero-order valence-corrected chi connectivity index (χ0v) is 9.54. The lowest BCUT2D eigenvalue weighted by atomic mass is 10.2. The number of rotatable bonds is 4. The summed E-state index contributed by atoms with van der Waals surface area (Å²) in [6, 6.07) is 4.08. The molecule has 15 heavy (non-hydrogen) atoms. The van der Waals surface area contributed by atoms with Crippen molar-refractivity contribution in [1.29, 1.82) is 0 Å². The predicted octanol–water partition coefficient (Wildman–Crippen LogP) is 1.18. The first kappa shape index (κ1) is 11.5. The molecule has 0 fully saturated rings. The fraction of sp³-hybridized carbons (Fsp3) is 0.417. The topological polar surface area (TPSA) is 28.2 Å². The van der Waals surface area contributed by atoms with E-state index >= 15 is 0 Å². The Kier molecular flexibility index (Phi) is 4.14. The number of nitrogens with one attached hydrogen (secondary N) is 1. The Labute approximate surface area is 91.5 Å². The summed E-state index contributed by atoms with van der Waals surface area (Å²) in [6.07, 6.45) is 5.25. The van der Waals surface area contributed by atoms with Crippen LogP contribution in [0.15, 0.2) is 12.1 Å². The van der Waals surface area contributed by atoms with E-state index in [0.717, 1.165) is 18.1 Å². The Morgan fingerprint density at radius 3 is 2.80 bits per heavy atom. The first-order chi connectivity index (χ1) is 7.19. The van der Waals surface area contributed by atoms with E-state index in [1.54, 1.807) is 0 Å². The molecule has 1 rings (SSSR count). The van der Waals surface area contributed by atoms with Gasteiger partial charge in [-0.3, -0.25) is 0 Å². The minimum Gasteiger partial charge on any atom is -0.349 e. The summed E-state index contributed by atoms with van der Waals surface area (Å²) < 4.78 is 0. The highest BCUT2D eigenvalue weighted by molar-refractivity contribution is 5.41. The summed E-state index contributed by atoms with van der Waals surface area (Å²) in [5.41, 5.74) is 2.26. The third kappa shape index (κ3) is 2.97. The van der Waals surface area contributed by atoms with Gasteiger partial charge in [-0.15, -0.1) is 6.42 Å². The standard InChI is InChI=1S/C12H17N3/c1-5-8-15(4)12-7-6-11(9-13-3)10(2)14-12/h1,6-7,13H,8-9H2,2-4H3. The van der Waals surface area contributed by atoms with Crippen molar-refractivity contribution in [3.8, 4) is 12.3 Å². The predicted molar refractivity (Wildman–Crippen MR) is 63.8 cm³/mol. The molecule has 0 atom stereocenters. The van der Waals surface area contributed by atoms with Gasteiger partial charge in [0, 0.05) is 19.3 Å². The van der Waals surface area contributed by atoms with Crippen molar-refractivity contribution in [2.75, 3.05) is 25.5 Å². The van der Waals surface area contributed by atoms with Crippen molar-refractivity contribution in [2.45, 2.75) is 13.5 Å². The van der Waals surface area contributed by atoms with Gasteiger partial charge >= 0.3 is 0 Å². The van der Waals surface area contributed by atoms with E-state index in [9.17, 15) is 0 Å². The molecule has 0 radical (unpaired) electrons. The Balaban J connectivity index is 2.86. The number of nitrogens with zero attached hydrogens (tertiary/aromatic N) is 2. The van der Waals surface area contributed by atoms with E-state index < -0.39 is 0 Å². The first-order valence-electron chi connectivity index (χ1n) is 4.94. The molecule has 0 unspecified atom stereocenters. The van der Waals surface area contributed by atoms with Gasteiger partial charge in [-0.05, 0) is 25.6 Å². The van der Waals surface area contributed by atoms with Crippen LogP contribution in [-0.4, -0.2) is 25.6 Å². The molecule has 0 saturated carbocycles. The van der Waals surface area contributed by atoms with Crippen LogP contribution in [0.3, 0.4) is 0 Å². The van der Waals surface area contributed by atoms with Gasteiger partial charge in [0.2, 0.25) is 0 Å². The van der Waals surface area contributed by atoms with E-state index in [2.05, 4.69) is 22.3 Å². The Hall–Kier alpha value is -1.53. The average Bonchev–Trinajstić information content (AvgIpc) is 2.21. The Morgan fingerprint density at radius 2 is 2.27 bits per heavy atom. The number of terminal acetylenes is 1. The third-order valence-electron chi connectivity index (χ3n) is 2.27. The van der Waals surface area contributed by atoms with Crippen LogP contribution >= 0.6 is 0 Å². The van der Waals surface area contributed by atoms with Crippen molar-refractivity contribution in [3.05, 3.63) is 23.4 Å². The van der Waals surface area contributed by atoms with Crippen LogP contribution in [0, 0.1) is 19.3 Å². The highest BCUT2D eigenvalue weighted by atomic mass is 15.2. The second-order valence-electron chi connectivity index (χ2n) is 3.50. The highest BCUT2D eigenvalue weighted by Gasteiger charge is 2.03. The smallest absolute Gasteiger partial charge is 0.129 e. The molecular weight excluding hydrogens is 186 g/mol. The van der Waals surface area contributed by atoms with Gasteiger partial charge < -0.3 is 10.2 Å². The van der Waals surface area contributed by atoms with Crippen LogP contribution in [0.25, 0.3) is 0 Å². The second-order valence-corrected chi connectivity index (χ2v) is 3.50. The van der Waals surface area contributed by atoms with E-state index in [-0.39, 0.29) is 0 Å². The molecule has 3 heteroatoms. The molecule has 80 valence electrons. The fourth-order valence-corrected chi connectivity index (χ4v) is 1.38. The van der Waals surface area contributed by atoms with Gasteiger partial charge in [-0.25, -0.2) is 4.98 Å². The van der Waals surface area contributed by atoms with Crippen LogP contribution in [0.4, 0.5) is 5.82 Å². The number of hydrogen-bond donors (Lipinski definition) is 1. The lowest BCUT2D eigenvalue weighted by molar-refractivity contribution is 0.803. The monoisotopic (exact) mass is 203 g/mol. The van der Waals surface area contributed by atoms with Crippen molar-refractivity contribution in [3.63, 3.8) is 0 Å². The molecule has 0 aromatic carbocycles. The van der Waals surface area contributed by atoms with Crippen molar-refractivity contribution in [2.24, 2.45) is 0 Å². The molecule has 0 aliphatic carbocycles. The summed E-state index contributed by atoms with van der Waals surface area (Å²) in [6.45, 7) is 3.44. The average molecular weight is 203 g/mol. The van der Waals surface area contributed by atoms with Crippen molar-refractivity contribution in [1.82, 2.24) is 10.3 Å². The molecule has 1 aromatic rings. The molecule has 0 bridgehead atoms. The van der Waals surface area contributed by atoms with Gasteiger partial charge in [0.05, 0.1) is 6.54 Å². The van der Waals surface area contributed by atoms with Gasteiger partial charge in [0.15, 0.2) is 0 Å². The van der Waals surface area contributed by atoms with Crippen LogP contribution in [0.5, 0.6) is 0 Å². The quantitative estimate of drug-likeness (QED) is 0.745. The lowest BCUT2D eigenvalue weighted by Crippen LogP contribution is -2.19. The second kappa shape index (κ2) is 5.38. The summed E-state index contributed by atoms with van der Waals surface area (Å²) in [5.74, 6) is 3.52. The molecular formula is C12H17N3. The number of anilines is 1. The van der Waals surface area contributed by atoms with Gasteiger partial charge in [0.1, 0.15) is 5.82 Å². The molecule has 1 heterocycles. The minimum atomic E-state index is 0.581. The normalized spacial score (nSPS) is 9.73. The van der Waals surface area contributed by atoms with Crippen LogP contribution < -0.4 is 10.2 Å². The number of pyridine rings is 1. The van der Waals surface area contributed by atoms with E-state index in [4.69, 9.17) is 6.42 Å². The van der Waals surface area contributed by atoms with E-state index in [1.807, 2.05) is 32.0 Å². The zero-order chi connectivity index (χ0) is 11.3. The summed E-state index contributed by atoms with van der Waals surface area (Å²) in [5, 5.41) is 3.11. The summed E-state index contributed by atoms with van der Waals surface area (Å²) >= 11 is 0. The zero-order valence-electron chi connectivity index (χ0n) is 9.54. The Bertz CT molecular complexity index is 366. The largest absolute Gasteiger partial charge is 0.349 e. The maximum atomic E-state index is 5.25. The molecule has 0 aliphatic heterocycles. The Morgan fingerprint density at radius 1 is 1.53 bits per heavy atom.